The van der Waals surface area contributed by atoms with E-state index >= 15 is 0 Å². The van der Waals surface area contributed by atoms with E-state index in [0.717, 1.165) is 5.56 Å². The van der Waals surface area contributed by atoms with Crippen LogP contribution in [0.5, 0.6) is 0 Å². The fourth-order valence-corrected chi connectivity index (χ4v) is 2.53. The minimum Gasteiger partial charge on any atom is -0.391 e. The smallest absolute Gasteiger partial charge is 0.181 e. The predicted octanol–water partition coefficient (Wildman–Crippen LogP) is 3.01. The zero-order valence-corrected chi connectivity index (χ0v) is 12.2. The lowest BCUT2D eigenvalue weighted by Gasteiger charge is -2.17. The van der Waals surface area contributed by atoms with Crippen molar-refractivity contribution in [3.8, 4) is 11.4 Å². The highest BCUT2D eigenvalue weighted by molar-refractivity contribution is 6.30. The Kier molecular flexibility index (Phi) is 3.76. The van der Waals surface area contributed by atoms with Crippen LogP contribution in [-0.2, 0) is 6.54 Å². The van der Waals surface area contributed by atoms with Gasteiger partial charge in [-0.3, -0.25) is 0 Å². The molecule has 1 saturated carbocycles. The third-order valence-corrected chi connectivity index (χ3v) is 4.24. The molecule has 1 N–H and O–H groups in total. The van der Waals surface area contributed by atoms with E-state index in [1.165, 1.54) is 12.8 Å². The summed E-state index contributed by atoms with van der Waals surface area (Å²) in [7, 11) is 0. The first kappa shape index (κ1) is 13.6. The highest BCUT2D eigenvalue weighted by atomic mass is 35.5. The fraction of sp³-hybridized carbons (Fsp3) is 0.467. The molecule has 106 valence electrons. The summed E-state index contributed by atoms with van der Waals surface area (Å²) in [5.41, 5.74) is 0.929. The van der Waals surface area contributed by atoms with E-state index < -0.39 is 0 Å². The molecule has 0 saturated heterocycles. The lowest BCUT2D eigenvalue weighted by molar-refractivity contribution is 0.0843. The molecule has 1 aliphatic rings. The van der Waals surface area contributed by atoms with Gasteiger partial charge in [0.1, 0.15) is 6.33 Å². The summed E-state index contributed by atoms with van der Waals surface area (Å²) in [6.07, 6.45) is 3.80. The Labute approximate surface area is 123 Å². The van der Waals surface area contributed by atoms with Crippen LogP contribution in [0.15, 0.2) is 30.6 Å². The number of aromatic nitrogens is 3. The largest absolute Gasteiger partial charge is 0.391 e. The molecule has 2 atom stereocenters. The van der Waals surface area contributed by atoms with Crippen LogP contribution in [0.4, 0.5) is 0 Å². The number of aliphatic hydroxyl groups excluding tert-OH is 1. The van der Waals surface area contributed by atoms with Crippen molar-refractivity contribution in [1.29, 1.82) is 0 Å². The molecule has 2 unspecified atom stereocenters. The van der Waals surface area contributed by atoms with Gasteiger partial charge in [-0.1, -0.05) is 18.5 Å². The van der Waals surface area contributed by atoms with Crippen molar-refractivity contribution in [3.63, 3.8) is 0 Å². The second-order valence-electron chi connectivity index (χ2n) is 5.56. The van der Waals surface area contributed by atoms with E-state index in [4.69, 9.17) is 11.6 Å². The summed E-state index contributed by atoms with van der Waals surface area (Å²) in [5.74, 6) is 1.68. The van der Waals surface area contributed by atoms with Crippen molar-refractivity contribution in [3.05, 3.63) is 35.6 Å². The van der Waals surface area contributed by atoms with E-state index in [-0.39, 0.29) is 6.10 Å². The molecule has 0 aliphatic heterocycles. The number of benzene rings is 1. The summed E-state index contributed by atoms with van der Waals surface area (Å²) >= 11 is 5.86. The van der Waals surface area contributed by atoms with Crippen LogP contribution in [0.1, 0.15) is 19.8 Å². The van der Waals surface area contributed by atoms with Crippen molar-refractivity contribution < 1.29 is 5.11 Å². The van der Waals surface area contributed by atoms with E-state index in [1.54, 1.807) is 11.0 Å². The maximum atomic E-state index is 10.2. The molecule has 0 amide bonds. The molecule has 1 aliphatic carbocycles. The summed E-state index contributed by atoms with van der Waals surface area (Å²) in [4.78, 5) is 4.29. The fourth-order valence-electron chi connectivity index (χ4n) is 2.41. The topological polar surface area (TPSA) is 50.9 Å². The van der Waals surface area contributed by atoms with Crippen LogP contribution in [0.3, 0.4) is 0 Å². The lowest BCUT2D eigenvalue weighted by Crippen LogP contribution is -2.25. The summed E-state index contributed by atoms with van der Waals surface area (Å²) in [6, 6.07) is 7.43. The number of halogens is 1. The average Bonchev–Trinajstić information content (AvgIpc) is 3.19. The highest BCUT2D eigenvalue weighted by Crippen LogP contribution is 2.38. The van der Waals surface area contributed by atoms with Gasteiger partial charge >= 0.3 is 0 Å². The van der Waals surface area contributed by atoms with E-state index in [9.17, 15) is 5.11 Å². The first-order valence-corrected chi connectivity index (χ1v) is 7.35. The molecule has 4 nitrogen and oxygen atoms in total. The van der Waals surface area contributed by atoms with Crippen LogP contribution in [0, 0.1) is 11.8 Å². The van der Waals surface area contributed by atoms with Gasteiger partial charge in [-0.25, -0.2) is 9.67 Å². The molecular formula is C15H18ClN3O. The Bertz CT molecular complexity index is 577. The summed E-state index contributed by atoms with van der Waals surface area (Å²) in [6.45, 7) is 2.61. The molecule has 3 rings (SSSR count). The Morgan fingerprint density at radius 3 is 2.70 bits per heavy atom. The average molecular weight is 292 g/mol. The van der Waals surface area contributed by atoms with Crippen molar-refractivity contribution >= 4 is 11.6 Å². The number of hydrogen-bond donors (Lipinski definition) is 1. The van der Waals surface area contributed by atoms with Crippen molar-refractivity contribution in [1.82, 2.24) is 14.8 Å². The monoisotopic (exact) mass is 291 g/mol. The summed E-state index contributed by atoms with van der Waals surface area (Å²) < 4.78 is 1.72. The maximum Gasteiger partial charge on any atom is 0.181 e. The standard InChI is InChI=1S/C15H18ClN3O/c1-10(11-2-3-11)14(20)8-19-9-17-15(18-19)12-4-6-13(16)7-5-12/h4-7,9-11,14,20H,2-3,8H2,1H3. The molecule has 0 radical (unpaired) electrons. The van der Waals surface area contributed by atoms with Crippen molar-refractivity contribution in [2.45, 2.75) is 32.4 Å². The van der Waals surface area contributed by atoms with Crippen molar-refractivity contribution in [2.24, 2.45) is 11.8 Å². The van der Waals surface area contributed by atoms with E-state index in [2.05, 4.69) is 17.0 Å². The van der Waals surface area contributed by atoms with Gasteiger partial charge < -0.3 is 5.11 Å². The molecule has 20 heavy (non-hydrogen) atoms. The maximum absolute atomic E-state index is 10.2. The number of hydrogen-bond acceptors (Lipinski definition) is 3. The summed E-state index contributed by atoms with van der Waals surface area (Å²) in [5, 5.41) is 15.3. The molecule has 2 aromatic rings. The SMILES string of the molecule is CC(C(O)Cn1cnc(-c2ccc(Cl)cc2)n1)C1CC1. The molecule has 0 spiro atoms. The quantitative estimate of drug-likeness (QED) is 0.921. The van der Waals surface area contributed by atoms with Gasteiger partial charge in [-0.05, 0) is 48.9 Å². The zero-order valence-electron chi connectivity index (χ0n) is 11.4. The molecule has 0 bridgehead atoms. The van der Waals surface area contributed by atoms with E-state index in [1.807, 2.05) is 24.3 Å². The van der Waals surface area contributed by atoms with Crippen LogP contribution < -0.4 is 0 Å². The van der Waals surface area contributed by atoms with Gasteiger partial charge in [0.15, 0.2) is 5.82 Å². The molecule has 1 fully saturated rings. The lowest BCUT2D eigenvalue weighted by atomic mass is 9.99. The number of nitrogens with zero attached hydrogens (tertiary/aromatic N) is 3. The van der Waals surface area contributed by atoms with E-state index in [0.29, 0.717) is 29.2 Å². The minimum atomic E-state index is -0.359. The third-order valence-electron chi connectivity index (χ3n) is 3.99. The highest BCUT2D eigenvalue weighted by Gasteiger charge is 2.32. The first-order chi connectivity index (χ1) is 9.63. The molecule has 5 heteroatoms. The number of aliphatic hydroxyl groups is 1. The Morgan fingerprint density at radius 1 is 1.35 bits per heavy atom. The van der Waals surface area contributed by atoms with Crippen molar-refractivity contribution in [2.75, 3.05) is 0 Å². The minimum absolute atomic E-state index is 0.332. The number of rotatable bonds is 5. The van der Waals surface area contributed by atoms with Gasteiger partial charge in [-0.15, -0.1) is 0 Å². The zero-order chi connectivity index (χ0) is 14.1. The molecule has 1 aromatic heterocycles. The molecular weight excluding hydrogens is 274 g/mol. The normalized spacial score (nSPS) is 17.9. The van der Waals surface area contributed by atoms with Crippen LogP contribution in [0.2, 0.25) is 5.02 Å². The molecule has 1 aromatic carbocycles. The predicted molar refractivity (Wildman–Crippen MR) is 78.4 cm³/mol. The first-order valence-electron chi connectivity index (χ1n) is 6.97. The van der Waals surface area contributed by atoms with Gasteiger partial charge in [-0.2, -0.15) is 5.10 Å². The second-order valence-corrected chi connectivity index (χ2v) is 6.00. The van der Waals surface area contributed by atoms with Gasteiger partial charge in [0.25, 0.3) is 0 Å². The van der Waals surface area contributed by atoms with Crippen LogP contribution in [0.25, 0.3) is 11.4 Å². The van der Waals surface area contributed by atoms with Gasteiger partial charge in [0.05, 0.1) is 12.6 Å². The Morgan fingerprint density at radius 2 is 2.05 bits per heavy atom. The van der Waals surface area contributed by atoms with Gasteiger partial charge in [0, 0.05) is 10.6 Å². The van der Waals surface area contributed by atoms with Crippen LogP contribution in [-0.4, -0.2) is 26.0 Å². The van der Waals surface area contributed by atoms with Gasteiger partial charge in [0.2, 0.25) is 0 Å². The Balaban J connectivity index is 1.68. The second kappa shape index (κ2) is 5.54. The van der Waals surface area contributed by atoms with Crippen LogP contribution >= 0.6 is 11.6 Å². The molecule has 1 heterocycles. The Hall–Kier alpha value is -1.39. The third kappa shape index (κ3) is 3.02.